The maximum absolute atomic E-state index is 12.7. The number of hydrogen-bond acceptors (Lipinski definition) is 5. The van der Waals surface area contributed by atoms with Crippen LogP contribution in [0, 0.1) is 11.8 Å². The topological polar surface area (TPSA) is 72.2 Å². The third kappa shape index (κ3) is 4.20. The van der Waals surface area contributed by atoms with Gasteiger partial charge in [-0.2, -0.15) is 4.52 Å². The zero-order chi connectivity index (χ0) is 19.5. The summed E-state index contributed by atoms with van der Waals surface area (Å²) in [4.78, 5) is 13.3. The zero-order valence-corrected chi connectivity index (χ0v) is 17.5. The molecule has 0 bridgehead atoms. The molecule has 28 heavy (non-hydrogen) atoms. The third-order valence-electron chi connectivity index (χ3n) is 5.49. The van der Waals surface area contributed by atoms with Crippen LogP contribution >= 0.6 is 22.9 Å². The Morgan fingerprint density at radius 1 is 1.29 bits per heavy atom. The average Bonchev–Trinajstić information content (AvgIpc) is 3.26. The summed E-state index contributed by atoms with van der Waals surface area (Å²) >= 11 is 7.41. The molecule has 2 heterocycles. The summed E-state index contributed by atoms with van der Waals surface area (Å²) < 4.78 is 1.66. The Labute approximate surface area is 173 Å². The van der Waals surface area contributed by atoms with E-state index >= 15 is 0 Å². The Kier molecular flexibility index (Phi) is 5.92. The summed E-state index contributed by atoms with van der Waals surface area (Å²) in [6, 6.07) is 7.42. The second kappa shape index (κ2) is 8.57. The van der Waals surface area contributed by atoms with Gasteiger partial charge in [-0.3, -0.25) is 4.79 Å². The number of hydrogen-bond donors (Lipinski definition) is 1. The van der Waals surface area contributed by atoms with Crippen molar-refractivity contribution < 1.29 is 4.79 Å². The monoisotopic (exact) mass is 417 g/mol. The minimum Gasteiger partial charge on any atom is -0.300 e. The number of unbranched alkanes of at least 4 members (excludes halogenated alkanes) is 1. The molecule has 3 aromatic rings. The molecule has 0 aliphatic heterocycles. The number of anilines is 1. The van der Waals surface area contributed by atoms with Crippen LogP contribution in [0.4, 0.5) is 5.13 Å². The van der Waals surface area contributed by atoms with E-state index in [0.29, 0.717) is 20.9 Å². The summed E-state index contributed by atoms with van der Waals surface area (Å²) in [5.74, 6) is 1.56. The molecule has 0 radical (unpaired) electrons. The lowest BCUT2D eigenvalue weighted by atomic mass is 9.79. The molecule has 148 valence electrons. The molecule has 1 saturated carbocycles. The second-order valence-corrected chi connectivity index (χ2v) is 8.88. The van der Waals surface area contributed by atoms with Crippen molar-refractivity contribution in [3.05, 3.63) is 29.3 Å². The first-order valence-corrected chi connectivity index (χ1v) is 11.1. The summed E-state index contributed by atoms with van der Waals surface area (Å²) in [5.41, 5.74) is 0.841. The molecule has 1 amide bonds. The predicted molar refractivity (Wildman–Crippen MR) is 113 cm³/mol. The highest BCUT2D eigenvalue weighted by atomic mass is 35.5. The van der Waals surface area contributed by atoms with Crippen LogP contribution in [-0.4, -0.2) is 25.7 Å². The molecule has 1 aromatic carbocycles. The van der Waals surface area contributed by atoms with Gasteiger partial charge in [-0.25, -0.2) is 0 Å². The number of halogens is 1. The highest BCUT2D eigenvalue weighted by Crippen LogP contribution is 2.33. The van der Waals surface area contributed by atoms with Crippen molar-refractivity contribution in [3.8, 4) is 11.4 Å². The Hall–Kier alpha value is -1.99. The zero-order valence-electron chi connectivity index (χ0n) is 15.9. The van der Waals surface area contributed by atoms with Gasteiger partial charge in [0.05, 0.1) is 0 Å². The van der Waals surface area contributed by atoms with Crippen LogP contribution in [0.2, 0.25) is 5.02 Å². The maximum atomic E-state index is 12.7. The Balaban J connectivity index is 1.42. The summed E-state index contributed by atoms with van der Waals surface area (Å²) in [6.45, 7) is 2.23. The van der Waals surface area contributed by atoms with Gasteiger partial charge in [0.15, 0.2) is 5.82 Å². The number of nitrogens with one attached hydrogen (secondary N) is 1. The number of carbonyl (C=O) groups is 1. The molecule has 0 spiro atoms. The van der Waals surface area contributed by atoms with Crippen LogP contribution in [-0.2, 0) is 4.79 Å². The number of aromatic nitrogens is 4. The molecular weight excluding hydrogens is 394 g/mol. The van der Waals surface area contributed by atoms with E-state index in [1.165, 1.54) is 30.6 Å². The standard InChI is InChI=1S/C20H24ClN5OS/c1-2-3-5-13-8-10-14(11-9-13)18(27)22-19-25-26-17(23-24-20(26)28-19)15-6-4-7-16(21)12-15/h4,6-7,12-14H,2-3,5,8-11H2,1H3,(H,22,25,27). The minimum absolute atomic E-state index is 0.0724. The lowest BCUT2D eigenvalue weighted by molar-refractivity contribution is -0.121. The first kappa shape index (κ1) is 19.3. The van der Waals surface area contributed by atoms with Crippen molar-refractivity contribution in [1.29, 1.82) is 0 Å². The lowest BCUT2D eigenvalue weighted by Gasteiger charge is -2.27. The van der Waals surface area contributed by atoms with Gasteiger partial charge in [0, 0.05) is 16.5 Å². The van der Waals surface area contributed by atoms with Crippen LogP contribution in [0.25, 0.3) is 16.3 Å². The molecule has 1 fully saturated rings. The van der Waals surface area contributed by atoms with Crippen molar-refractivity contribution in [1.82, 2.24) is 19.8 Å². The molecule has 0 saturated heterocycles. The van der Waals surface area contributed by atoms with Crippen LogP contribution in [0.15, 0.2) is 24.3 Å². The minimum atomic E-state index is 0.0724. The summed E-state index contributed by atoms with van der Waals surface area (Å²) in [5, 5.41) is 17.1. The SMILES string of the molecule is CCCCC1CCC(C(=O)Nc2nn3c(-c4cccc(Cl)c4)nnc3s2)CC1. The number of amides is 1. The van der Waals surface area contributed by atoms with E-state index in [1.54, 1.807) is 4.52 Å². The van der Waals surface area contributed by atoms with E-state index in [1.807, 2.05) is 24.3 Å². The van der Waals surface area contributed by atoms with Gasteiger partial charge in [0.25, 0.3) is 0 Å². The number of fused-ring (bicyclic) bond motifs is 1. The molecule has 2 aromatic heterocycles. The Morgan fingerprint density at radius 2 is 2.11 bits per heavy atom. The van der Waals surface area contributed by atoms with Gasteiger partial charge in [-0.15, -0.1) is 15.3 Å². The van der Waals surface area contributed by atoms with Crippen LogP contribution in [0.1, 0.15) is 51.9 Å². The molecule has 1 aliphatic rings. The van der Waals surface area contributed by atoms with Gasteiger partial charge in [-0.1, -0.05) is 61.3 Å². The molecule has 6 nitrogen and oxygen atoms in total. The highest BCUT2D eigenvalue weighted by molar-refractivity contribution is 7.20. The molecule has 0 unspecified atom stereocenters. The molecular formula is C20H24ClN5OS. The van der Waals surface area contributed by atoms with Gasteiger partial charge in [0.1, 0.15) is 0 Å². The maximum Gasteiger partial charge on any atom is 0.236 e. The van der Waals surface area contributed by atoms with Crippen LogP contribution < -0.4 is 5.32 Å². The van der Waals surface area contributed by atoms with Crippen molar-refractivity contribution in [2.75, 3.05) is 5.32 Å². The molecule has 4 rings (SSSR count). The number of nitrogens with zero attached hydrogens (tertiary/aromatic N) is 4. The van der Waals surface area contributed by atoms with Gasteiger partial charge in [0.2, 0.25) is 16.0 Å². The van der Waals surface area contributed by atoms with Gasteiger partial charge in [-0.05, 0) is 43.7 Å². The lowest BCUT2D eigenvalue weighted by Crippen LogP contribution is -2.27. The normalized spacial score (nSPS) is 19.8. The second-order valence-electron chi connectivity index (χ2n) is 7.48. The first-order chi connectivity index (χ1) is 13.6. The highest BCUT2D eigenvalue weighted by Gasteiger charge is 2.27. The summed E-state index contributed by atoms with van der Waals surface area (Å²) in [7, 11) is 0. The van der Waals surface area contributed by atoms with Gasteiger partial charge >= 0.3 is 0 Å². The van der Waals surface area contributed by atoms with Crippen molar-refractivity contribution in [3.63, 3.8) is 0 Å². The third-order valence-corrected chi connectivity index (χ3v) is 6.54. The van der Waals surface area contributed by atoms with Crippen molar-refractivity contribution in [2.24, 2.45) is 11.8 Å². The first-order valence-electron chi connectivity index (χ1n) is 9.93. The number of benzene rings is 1. The molecule has 0 atom stereocenters. The predicted octanol–water partition coefficient (Wildman–Crippen LogP) is 5.44. The smallest absolute Gasteiger partial charge is 0.236 e. The van der Waals surface area contributed by atoms with E-state index in [4.69, 9.17) is 11.6 Å². The fourth-order valence-corrected chi connectivity index (χ4v) is 4.82. The van der Waals surface area contributed by atoms with Crippen molar-refractivity contribution >= 4 is 38.9 Å². The van der Waals surface area contributed by atoms with E-state index in [9.17, 15) is 4.79 Å². The van der Waals surface area contributed by atoms with Crippen molar-refractivity contribution in [2.45, 2.75) is 51.9 Å². The van der Waals surface area contributed by atoms with E-state index in [2.05, 4.69) is 27.5 Å². The fourth-order valence-electron chi connectivity index (χ4n) is 3.89. The van der Waals surface area contributed by atoms with Crippen LogP contribution in [0.3, 0.4) is 0 Å². The largest absolute Gasteiger partial charge is 0.300 e. The quantitative estimate of drug-likeness (QED) is 0.579. The number of rotatable bonds is 6. The molecule has 1 N–H and O–H groups in total. The molecule has 8 heteroatoms. The van der Waals surface area contributed by atoms with Crippen LogP contribution in [0.5, 0.6) is 0 Å². The van der Waals surface area contributed by atoms with Gasteiger partial charge < -0.3 is 5.32 Å². The Morgan fingerprint density at radius 3 is 2.86 bits per heavy atom. The average molecular weight is 418 g/mol. The van der Waals surface area contributed by atoms with E-state index < -0.39 is 0 Å². The summed E-state index contributed by atoms with van der Waals surface area (Å²) in [6.07, 6.45) is 8.09. The Bertz CT molecular complexity index is 961. The number of carbonyl (C=O) groups excluding carboxylic acids is 1. The van der Waals surface area contributed by atoms with E-state index in [-0.39, 0.29) is 11.8 Å². The van der Waals surface area contributed by atoms with E-state index in [0.717, 1.165) is 37.2 Å². The fraction of sp³-hybridized carbons (Fsp3) is 0.500. The molecule has 1 aliphatic carbocycles.